The van der Waals surface area contributed by atoms with E-state index in [0.717, 1.165) is 31.4 Å². The molecule has 1 heterocycles. The Bertz CT molecular complexity index is 859. The molecule has 0 radical (unpaired) electrons. The van der Waals surface area contributed by atoms with Crippen LogP contribution in [0.5, 0.6) is 0 Å². The highest BCUT2D eigenvalue weighted by molar-refractivity contribution is 5.90. The van der Waals surface area contributed by atoms with E-state index in [2.05, 4.69) is 12.1 Å². The number of esters is 1. The molecule has 1 saturated carbocycles. The molecule has 0 bridgehead atoms. The number of hydrogen-bond donors (Lipinski definition) is 0. The number of carbonyl (C=O) groups excluding carboxylic acids is 2. The Morgan fingerprint density at radius 1 is 1.03 bits per heavy atom. The van der Waals surface area contributed by atoms with Crippen LogP contribution >= 0.6 is 0 Å². The second-order valence-corrected chi connectivity index (χ2v) is 7.91. The van der Waals surface area contributed by atoms with Gasteiger partial charge in [-0.05, 0) is 61.4 Å². The Morgan fingerprint density at radius 3 is 2.40 bits per heavy atom. The highest BCUT2D eigenvalue weighted by Gasteiger charge is 2.32. The van der Waals surface area contributed by atoms with Crippen LogP contribution in [0.4, 0.5) is 10.5 Å². The Balaban J connectivity index is 1.30. The SMILES string of the molecule is COCC1CN(c2ccc(C3CCC(OC(=O)c4ccccc4)CC3)cc2)C(=O)O1. The molecule has 1 amide bonds. The van der Waals surface area contributed by atoms with Crippen LogP contribution in [0.25, 0.3) is 0 Å². The zero-order valence-corrected chi connectivity index (χ0v) is 17.2. The number of rotatable bonds is 6. The van der Waals surface area contributed by atoms with Crippen molar-refractivity contribution in [3.8, 4) is 0 Å². The lowest BCUT2D eigenvalue weighted by Gasteiger charge is -2.29. The fourth-order valence-electron chi connectivity index (χ4n) is 4.24. The third-order valence-electron chi connectivity index (χ3n) is 5.86. The van der Waals surface area contributed by atoms with Crippen LogP contribution in [0.3, 0.4) is 0 Å². The number of nitrogens with zero attached hydrogens (tertiary/aromatic N) is 1. The Hall–Kier alpha value is -2.86. The second-order valence-electron chi connectivity index (χ2n) is 7.91. The van der Waals surface area contributed by atoms with Gasteiger partial charge in [0.25, 0.3) is 0 Å². The average molecular weight is 409 g/mol. The van der Waals surface area contributed by atoms with Crippen molar-refractivity contribution in [2.24, 2.45) is 0 Å². The maximum Gasteiger partial charge on any atom is 0.414 e. The molecule has 30 heavy (non-hydrogen) atoms. The van der Waals surface area contributed by atoms with Crippen molar-refractivity contribution in [2.45, 2.75) is 43.8 Å². The maximum absolute atomic E-state index is 12.2. The molecule has 0 aromatic heterocycles. The summed E-state index contributed by atoms with van der Waals surface area (Å²) in [4.78, 5) is 26.0. The summed E-state index contributed by atoms with van der Waals surface area (Å²) in [6.07, 6.45) is 3.11. The molecular weight excluding hydrogens is 382 g/mol. The molecular formula is C24H27NO5. The van der Waals surface area contributed by atoms with E-state index in [0.29, 0.717) is 24.6 Å². The standard InChI is InChI=1S/C24H27NO5/c1-28-16-22-15-25(24(27)30-22)20-11-7-17(8-12-20)18-9-13-21(14-10-18)29-23(26)19-5-3-2-4-6-19/h2-8,11-12,18,21-22H,9-10,13-16H2,1H3. The fourth-order valence-corrected chi connectivity index (χ4v) is 4.24. The fraction of sp³-hybridized carbons (Fsp3) is 0.417. The van der Waals surface area contributed by atoms with Crippen LogP contribution in [0.15, 0.2) is 54.6 Å². The Morgan fingerprint density at radius 2 is 1.73 bits per heavy atom. The Kier molecular flexibility index (Phi) is 6.33. The molecule has 6 nitrogen and oxygen atoms in total. The van der Waals surface area contributed by atoms with Gasteiger partial charge in [-0.3, -0.25) is 4.90 Å². The van der Waals surface area contributed by atoms with E-state index in [9.17, 15) is 9.59 Å². The van der Waals surface area contributed by atoms with Crippen molar-refractivity contribution in [1.82, 2.24) is 0 Å². The number of methoxy groups -OCH3 is 1. The van der Waals surface area contributed by atoms with E-state index >= 15 is 0 Å². The number of amides is 1. The van der Waals surface area contributed by atoms with Gasteiger partial charge >= 0.3 is 12.1 Å². The largest absolute Gasteiger partial charge is 0.459 e. The molecule has 1 unspecified atom stereocenters. The lowest BCUT2D eigenvalue weighted by Crippen LogP contribution is -2.26. The van der Waals surface area contributed by atoms with Crippen molar-refractivity contribution in [3.63, 3.8) is 0 Å². The van der Waals surface area contributed by atoms with Crippen LogP contribution in [-0.2, 0) is 14.2 Å². The van der Waals surface area contributed by atoms with Crippen molar-refractivity contribution < 1.29 is 23.8 Å². The molecule has 0 N–H and O–H groups in total. The van der Waals surface area contributed by atoms with Crippen LogP contribution in [0.1, 0.15) is 47.5 Å². The first kappa shape index (κ1) is 20.4. The summed E-state index contributed by atoms with van der Waals surface area (Å²) in [6, 6.07) is 17.3. The third kappa shape index (κ3) is 4.65. The molecule has 2 aromatic rings. The molecule has 6 heteroatoms. The highest BCUT2D eigenvalue weighted by Crippen LogP contribution is 2.35. The van der Waals surface area contributed by atoms with Crippen molar-refractivity contribution in [3.05, 3.63) is 65.7 Å². The monoisotopic (exact) mass is 409 g/mol. The number of cyclic esters (lactones) is 1. The Labute approximate surface area is 176 Å². The van der Waals surface area contributed by atoms with Gasteiger partial charge in [-0.2, -0.15) is 0 Å². The molecule has 0 spiro atoms. The van der Waals surface area contributed by atoms with Gasteiger partial charge < -0.3 is 14.2 Å². The number of benzene rings is 2. The van der Waals surface area contributed by atoms with E-state index in [1.54, 1.807) is 24.1 Å². The predicted octanol–water partition coefficient (Wildman–Crippen LogP) is 4.54. The van der Waals surface area contributed by atoms with E-state index in [-0.39, 0.29) is 24.3 Å². The summed E-state index contributed by atoms with van der Waals surface area (Å²) < 4.78 is 16.1. The third-order valence-corrected chi connectivity index (χ3v) is 5.86. The lowest BCUT2D eigenvalue weighted by atomic mass is 9.82. The quantitative estimate of drug-likeness (QED) is 0.656. The van der Waals surface area contributed by atoms with Crippen molar-refractivity contribution >= 4 is 17.7 Å². The van der Waals surface area contributed by atoms with Crippen molar-refractivity contribution in [2.75, 3.05) is 25.2 Å². The minimum absolute atomic E-state index is 0.0229. The second kappa shape index (κ2) is 9.30. The van der Waals surface area contributed by atoms with Gasteiger partial charge in [-0.25, -0.2) is 9.59 Å². The van der Waals surface area contributed by atoms with Gasteiger partial charge in [0.05, 0.1) is 18.7 Å². The smallest absolute Gasteiger partial charge is 0.414 e. The van der Waals surface area contributed by atoms with E-state index in [1.165, 1.54) is 5.56 Å². The summed E-state index contributed by atoms with van der Waals surface area (Å²) in [6.45, 7) is 0.905. The number of hydrogen-bond acceptors (Lipinski definition) is 5. The molecule has 1 aliphatic heterocycles. The average Bonchev–Trinajstić information content (AvgIpc) is 3.15. The highest BCUT2D eigenvalue weighted by atomic mass is 16.6. The normalized spacial score (nSPS) is 23.8. The molecule has 1 atom stereocenters. The van der Waals surface area contributed by atoms with Gasteiger partial charge in [0.1, 0.15) is 12.2 Å². The van der Waals surface area contributed by atoms with E-state index in [4.69, 9.17) is 14.2 Å². The van der Waals surface area contributed by atoms with Crippen LogP contribution in [0, 0.1) is 0 Å². The molecule has 2 fully saturated rings. The predicted molar refractivity (Wildman–Crippen MR) is 113 cm³/mol. The van der Waals surface area contributed by atoms with Crippen LogP contribution < -0.4 is 4.90 Å². The summed E-state index contributed by atoms with van der Waals surface area (Å²) in [5.74, 6) is 0.199. The first-order valence-electron chi connectivity index (χ1n) is 10.5. The first-order chi connectivity index (χ1) is 14.6. The summed E-state index contributed by atoms with van der Waals surface area (Å²) in [5, 5.41) is 0. The molecule has 1 aliphatic carbocycles. The lowest BCUT2D eigenvalue weighted by molar-refractivity contribution is 0.0195. The van der Waals surface area contributed by atoms with Gasteiger partial charge in [0.2, 0.25) is 0 Å². The summed E-state index contributed by atoms with van der Waals surface area (Å²) >= 11 is 0. The first-order valence-corrected chi connectivity index (χ1v) is 10.5. The number of carbonyl (C=O) groups is 2. The zero-order valence-electron chi connectivity index (χ0n) is 17.2. The summed E-state index contributed by atoms with van der Waals surface area (Å²) in [5.41, 5.74) is 2.70. The molecule has 4 rings (SSSR count). The van der Waals surface area contributed by atoms with Gasteiger partial charge in [-0.15, -0.1) is 0 Å². The number of anilines is 1. The van der Waals surface area contributed by atoms with Crippen LogP contribution in [0.2, 0.25) is 0 Å². The molecule has 2 aromatic carbocycles. The van der Waals surface area contributed by atoms with E-state index < -0.39 is 0 Å². The zero-order chi connectivity index (χ0) is 20.9. The molecule has 1 saturated heterocycles. The van der Waals surface area contributed by atoms with Crippen LogP contribution in [-0.4, -0.2) is 44.5 Å². The van der Waals surface area contributed by atoms with E-state index in [1.807, 2.05) is 30.3 Å². The maximum atomic E-state index is 12.2. The minimum Gasteiger partial charge on any atom is -0.459 e. The van der Waals surface area contributed by atoms with Gasteiger partial charge in [0.15, 0.2) is 0 Å². The minimum atomic E-state index is -0.328. The van der Waals surface area contributed by atoms with Gasteiger partial charge in [0, 0.05) is 12.8 Å². The molecule has 158 valence electrons. The number of ether oxygens (including phenoxy) is 3. The molecule has 2 aliphatic rings. The van der Waals surface area contributed by atoms with Crippen molar-refractivity contribution in [1.29, 1.82) is 0 Å². The van der Waals surface area contributed by atoms with Gasteiger partial charge in [-0.1, -0.05) is 30.3 Å². The topological polar surface area (TPSA) is 65.1 Å². The summed E-state index contributed by atoms with van der Waals surface area (Å²) in [7, 11) is 1.60.